The zero-order valence-corrected chi connectivity index (χ0v) is 10.1. The zero-order chi connectivity index (χ0) is 12.2. The number of benzene rings is 1. The van der Waals surface area contributed by atoms with Gasteiger partial charge in [-0.3, -0.25) is 4.79 Å². The number of nitrogens with one attached hydrogen (secondary N) is 1. The molecule has 0 aliphatic rings. The van der Waals surface area contributed by atoms with Crippen molar-refractivity contribution >= 4 is 5.91 Å². The van der Waals surface area contributed by atoms with Crippen molar-refractivity contribution in [2.45, 2.75) is 26.2 Å². The third-order valence-electron chi connectivity index (χ3n) is 2.38. The summed E-state index contributed by atoms with van der Waals surface area (Å²) in [6, 6.07) is 7.56. The molecule has 16 heavy (non-hydrogen) atoms. The minimum absolute atomic E-state index is 0.0383. The van der Waals surface area contributed by atoms with Crippen LogP contribution in [0.25, 0.3) is 0 Å². The van der Waals surface area contributed by atoms with Gasteiger partial charge in [-0.1, -0.05) is 39.0 Å². The maximum Gasteiger partial charge on any atom is 0.251 e. The van der Waals surface area contributed by atoms with Crippen LogP contribution >= 0.6 is 0 Å². The minimum Gasteiger partial charge on any atom is -0.395 e. The fraction of sp³-hybridized carbons (Fsp3) is 0.462. The standard InChI is InChI=1S/C13H19NO2/c1-13(2,3)11-7-5-4-6-10(11)12(16)14-8-9-15/h4-7,15H,8-9H2,1-3H3,(H,14,16). The SMILES string of the molecule is CC(C)(C)c1ccccc1C(=O)NCCO. The minimum atomic E-state index is -0.125. The van der Waals surface area contributed by atoms with Crippen molar-refractivity contribution in [3.05, 3.63) is 35.4 Å². The van der Waals surface area contributed by atoms with Crippen molar-refractivity contribution in [3.63, 3.8) is 0 Å². The summed E-state index contributed by atoms with van der Waals surface area (Å²) in [6.45, 7) is 6.47. The maximum atomic E-state index is 11.8. The van der Waals surface area contributed by atoms with Crippen LogP contribution in [0.3, 0.4) is 0 Å². The van der Waals surface area contributed by atoms with Crippen molar-refractivity contribution in [1.29, 1.82) is 0 Å². The molecule has 0 aromatic heterocycles. The van der Waals surface area contributed by atoms with Crippen LogP contribution < -0.4 is 5.32 Å². The van der Waals surface area contributed by atoms with Gasteiger partial charge in [0.1, 0.15) is 0 Å². The fourth-order valence-electron chi connectivity index (χ4n) is 1.60. The quantitative estimate of drug-likeness (QED) is 0.816. The number of carbonyl (C=O) groups excluding carboxylic acids is 1. The number of aliphatic hydroxyl groups excluding tert-OH is 1. The van der Waals surface area contributed by atoms with E-state index >= 15 is 0 Å². The lowest BCUT2D eigenvalue weighted by Gasteiger charge is -2.22. The van der Waals surface area contributed by atoms with E-state index in [4.69, 9.17) is 5.11 Å². The van der Waals surface area contributed by atoms with Gasteiger partial charge in [-0.05, 0) is 17.0 Å². The van der Waals surface area contributed by atoms with E-state index < -0.39 is 0 Å². The maximum absolute atomic E-state index is 11.8. The van der Waals surface area contributed by atoms with Gasteiger partial charge in [0, 0.05) is 12.1 Å². The Morgan fingerprint density at radius 1 is 1.31 bits per heavy atom. The smallest absolute Gasteiger partial charge is 0.251 e. The summed E-state index contributed by atoms with van der Waals surface area (Å²) in [5.41, 5.74) is 1.64. The first-order chi connectivity index (χ1) is 7.46. The lowest BCUT2D eigenvalue weighted by Crippen LogP contribution is -2.29. The molecular formula is C13H19NO2. The van der Waals surface area contributed by atoms with E-state index in [0.29, 0.717) is 5.56 Å². The molecule has 0 bridgehead atoms. The van der Waals surface area contributed by atoms with E-state index in [2.05, 4.69) is 26.1 Å². The molecule has 0 unspecified atom stereocenters. The summed E-state index contributed by atoms with van der Waals surface area (Å²) in [5, 5.41) is 11.3. The Hall–Kier alpha value is -1.35. The van der Waals surface area contributed by atoms with Crippen molar-refractivity contribution in [2.75, 3.05) is 13.2 Å². The van der Waals surface area contributed by atoms with Crippen LogP contribution in [0.2, 0.25) is 0 Å². The first-order valence-corrected chi connectivity index (χ1v) is 5.45. The third-order valence-corrected chi connectivity index (χ3v) is 2.38. The van der Waals surface area contributed by atoms with Gasteiger partial charge in [-0.25, -0.2) is 0 Å². The Bertz CT molecular complexity index is 366. The third kappa shape index (κ3) is 3.07. The van der Waals surface area contributed by atoms with Crippen molar-refractivity contribution < 1.29 is 9.90 Å². The molecule has 3 heteroatoms. The van der Waals surface area contributed by atoms with Crippen LogP contribution in [0, 0.1) is 0 Å². The number of rotatable bonds is 3. The van der Waals surface area contributed by atoms with Gasteiger partial charge < -0.3 is 10.4 Å². The highest BCUT2D eigenvalue weighted by atomic mass is 16.3. The summed E-state index contributed by atoms with van der Waals surface area (Å²) in [5.74, 6) is -0.125. The first kappa shape index (κ1) is 12.7. The average molecular weight is 221 g/mol. The van der Waals surface area contributed by atoms with Crippen LogP contribution in [0.15, 0.2) is 24.3 Å². The molecule has 0 radical (unpaired) electrons. The van der Waals surface area contributed by atoms with Crippen LogP contribution in [0.4, 0.5) is 0 Å². The van der Waals surface area contributed by atoms with Crippen molar-refractivity contribution in [2.24, 2.45) is 0 Å². The Kier molecular flexibility index (Phi) is 4.07. The van der Waals surface area contributed by atoms with Crippen LogP contribution in [0.5, 0.6) is 0 Å². The normalized spacial score (nSPS) is 11.2. The molecule has 3 nitrogen and oxygen atoms in total. The monoisotopic (exact) mass is 221 g/mol. The molecule has 0 saturated carbocycles. The lowest BCUT2D eigenvalue weighted by atomic mass is 9.83. The summed E-state index contributed by atoms with van der Waals surface area (Å²) >= 11 is 0. The molecule has 0 atom stereocenters. The molecule has 0 heterocycles. The molecule has 0 aliphatic heterocycles. The topological polar surface area (TPSA) is 49.3 Å². The highest BCUT2D eigenvalue weighted by Crippen LogP contribution is 2.25. The van der Waals surface area contributed by atoms with E-state index in [1.807, 2.05) is 24.3 Å². The average Bonchev–Trinajstić information content (AvgIpc) is 2.24. The molecule has 2 N–H and O–H groups in total. The Morgan fingerprint density at radius 2 is 1.94 bits per heavy atom. The molecule has 1 aromatic rings. The summed E-state index contributed by atoms with van der Waals surface area (Å²) in [7, 11) is 0. The summed E-state index contributed by atoms with van der Waals surface area (Å²) in [4.78, 5) is 11.8. The summed E-state index contributed by atoms with van der Waals surface area (Å²) in [6.07, 6.45) is 0. The van der Waals surface area contributed by atoms with E-state index in [9.17, 15) is 4.79 Å². The molecule has 0 saturated heterocycles. The van der Waals surface area contributed by atoms with Crippen LogP contribution in [-0.4, -0.2) is 24.2 Å². The fourth-order valence-corrected chi connectivity index (χ4v) is 1.60. The molecule has 0 spiro atoms. The van der Waals surface area contributed by atoms with Gasteiger partial charge in [0.15, 0.2) is 0 Å². The number of amides is 1. The van der Waals surface area contributed by atoms with E-state index in [1.54, 1.807) is 0 Å². The van der Waals surface area contributed by atoms with E-state index in [1.165, 1.54) is 0 Å². The van der Waals surface area contributed by atoms with Gasteiger partial charge in [0.05, 0.1) is 6.61 Å². The summed E-state index contributed by atoms with van der Waals surface area (Å²) < 4.78 is 0. The lowest BCUT2D eigenvalue weighted by molar-refractivity contribution is 0.0942. The van der Waals surface area contributed by atoms with Gasteiger partial charge in [0.25, 0.3) is 5.91 Å². The highest BCUT2D eigenvalue weighted by Gasteiger charge is 2.20. The molecule has 1 aromatic carbocycles. The van der Waals surface area contributed by atoms with Gasteiger partial charge >= 0.3 is 0 Å². The van der Waals surface area contributed by atoms with Gasteiger partial charge in [0.2, 0.25) is 0 Å². The number of carbonyl (C=O) groups is 1. The largest absolute Gasteiger partial charge is 0.395 e. The highest BCUT2D eigenvalue weighted by molar-refractivity contribution is 5.96. The number of hydrogen-bond acceptors (Lipinski definition) is 2. The molecule has 88 valence electrons. The molecule has 0 fully saturated rings. The molecule has 0 aliphatic carbocycles. The Morgan fingerprint density at radius 3 is 2.50 bits per heavy atom. The predicted molar refractivity (Wildman–Crippen MR) is 64.6 cm³/mol. The second-order valence-electron chi connectivity index (χ2n) is 4.78. The zero-order valence-electron chi connectivity index (χ0n) is 10.1. The Labute approximate surface area is 96.5 Å². The van der Waals surface area contributed by atoms with Crippen LogP contribution in [0.1, 0.15) is 36.7 Å². The van der Waals surface area contributed by atoms with Gasteiger partial charge in [-0.2, -0.15) is 0 Å². The number of hydrogen-bond donors (Lipinski definition) is 2. The molecule has 1 rings (SSSR count). The van der Waals surface area contributed by atoms with Crippen molar-refractivity contribution in [3.8, 4) is 0 Å². The van der Waals surface area contributed by atoms with E-state index in [-0.39, 0.29) is 24.5 Å². The molecule has 1 amide bonds. The Balaban J connectivity index is 3.00. The first-order valence-electron chi connectivity index (χ1n) is 5.45. The second kappa shape index (κ2) is 5.12. The van der Waals surface area contributed by atoms with Crippen LogP contribution in [-0.2, 0) is 5.41 Å². The molecular weight excluding hydrogens is 202 g/mol. The number of aliphatic hydroxyl groups is 1. The van der Waals surface area contributed by atoms with E-state index in [0.717, 1.165) is 5.56 Å². The predicted octanol–water partition coefficient (Wildman–Crippen LogP) is 1.71. The van der Waals surface area contributed by atoms with Crippen molar-refractivity contribution in [1.82, 2.24) is 5.32 Å². The second-order valence-corrected chi connectivity index (χ2v) is 4.78. The van der Waals surface area contributed by atoms with Gasteiger partial charge in [-0.15, -0.1) is 0 Å².